The number of aromatic nitrogens is 1. The van der Waals surface area contributed by atoms with Gasteiger partial charge in [-0.1, -0.05) is 29.0 Å². The second-order valence-corrected chi connectivity index (χ2v) is 6.84. The number of carbonyl (C=O) groups is 1. The summed E-state index contributed by atoms with van der Waals surface area (Å²) in [4.78, 5) is 16.8. The van der Waals surface area contributed by atoms with Crippen LogP contribution in [0, 0.1) is 11.6 Å². The fourth-order valence-electron chi connectivity index (χ4n) is 2.49. The van der Waals surface area contributed by atoms with Crippen molar-refractivity contribution in [1.29, 1.82) is 0 Å². The molecule has 0 spiro atoms. The zero-order chi connectivity index (χ0) is 18.7. The number of fused-ring (bicyclic) bond motifs is 1. The molecule has 0 aliphatic rings. The summed E-state index contributed by atoms with van der Waals surface area (Å²) in [7, 11) is 0. The number of hydrogen-bond acceptors (Lipinski definition) is 3. The molecule has 0 atom stereocenters. The molecule has 1 aromatic heterocycles. The highest BCUT2D eigenvalue weighted by atomic mass is 35.5. The third-order valence-corrected chi connectivity index (χ3v) is 4.89. The molecule has 0 bridgehead atoms. The van der Waals surface area contributed by atoms with E-state index in [0.717, 1.165) is 17.4 Å². The summed E-state index contributed by atoms with van der Waals surface area (Å²) in [6.07, 6.45) is 0. The molecule has 0 N–H and O–H groups in total. The van der Waals surface area contributed by atoms with Crippen LogP contribution >= 0.6 is 22.9 Å². The minimum atomic E-state index is -0.704. The molecule has 3 aromatic rings. The Labute approximate surface area is 157 Å². The molecule has 4 nitrogen and oxygen atoms in total. The molecule has 0 aliphatic carbocycles. The average molecular weight is 397 g/mol. The minimum absolute atomic E-state index is 0.203. The Balaban J connectivity index is 2.12. The molecule has 1 heterocycles. The first kappa shape index (κ1) is 18.7. The monoisotopic (exact) mass is 396 g/mol. The van der Waals surface area contributed by atoms with Crippen LogP contribution in [-0.4, -0.2) is 23.7 Å². The fraction of sp³-hybridized carbons (Fsp3) is 0.222. The molecular weight excluding hydrogens is 382 g/mol. The minimum Gasteiger partial charge on any atom is -0.380 e. The molecule has 136 valence electrons. The van der Waals surface area contributed by atoms with Crippen molar-refractivity contribution in [2.75, 3.05) is 13.2 Å². The van der Waals surface area contributed by atoms with Crippen molar-refractivity contribution < 1.29 is 18.3 Å². The highest BCUT2D eigenvalue weighted by molar-refractivity contribution is 7.16. The number of thiazole rings is 1. The zero-order valence-electron chi connectivity index (χ0n) is 13.8. The van der Waals surface area contributed by atoms with E-state index in [4.69, 9.17) is 16.3 Å². The number of rotatable bonds is 5. The smallest absolute Gasteiger partial charge is 0.279 e. The van der Waals surface area contributed by atoms with Crippen molar-refractivity contribution >= 4 is 39.1 Å². The second-order valence-electron chi connectivity index (χ2n) is 5.39. The molecule has 26 heavy (non-hydrogen) atoms. The van der Waals surface area contributed by atoms with Crippen LogP contribution < -0.4 is 4.80 Å². The summed E-state index contributed by atoms with van der Waals surface area (Å²) in [5.74, 6) is -1.89. The summed E-state index contributed by atoms with van der Waals surface area (Å²) in [5, 5.41) is 0.416. The number of ether oxygens (including phenoxy) is 1. The molecule has 1 amide bonds. The van der Waals surface area contributed by atoms with Gasteiger partial charge in [0, 0.05) is 29.8 Å². The van der Waals surface area contributed by atoms with Gasteiger partial charge in [-0.3, -0.25) is 4.79 Å². The van der Waals surface area contributed by atoms with Crippen molar-refractivity contribution in [3.05, 3.63) is 63.4 Å². The van der Waals surface area contributed by atoms with E-state index < -0.39 is 17.5 Å². The van der Waals surface area contributed by atoms with Crippen LogP contribution in [0.5, 0.6) is 0 Å². The Kier molecular flexibility index (Phi) is 5.80. The summed E-state index contributed by atoms with van der Waals surface area (Å²) >= 11 is 6.95. The van der Waals surface area contributed by atoms with Crippen LogP contribution in [0.25, 0.3) is 10.2 Å². The fourth-order valence-corrected chi connectivity index (χ4v) is 3.78. The number of nitrogens with zero attached hydrogens (tertiary/aromatic N) is 2. The molecule has 0 unspecified atom stereocenters. The molecule has 0 aliphatic heterocycles. The lowest BCUT2D eigenvalue weighted by atomic mass is 10.2. The molecule has 0 saturated heterocycles. The van der Waals surface area contributed by atoms with E-state index in [1.165, 1.54) is 16.7 Å². The first-order valence-corrected chi connectivity index (χ1v) is 9.09. The predicted octanol–water partition coefficient (Wildman–Crippen LogP) is 4.41. The third kappa shape index (κ3) is 4.00. The van der Waals surface area contributed by atoms with Crippen LogP contribution in [0.3, 0.4) is 0 Å². The molecule has 3 rings (SSSR count). The predicted molar refractivity (Wildman–Crippen MR) is 97.6 cm³/mol. The van der Waals surface area contributed by atoms with E-state index in [2.05, 4.69) is 4.99 Å². The van der Waals surface area contributed by atoms with E-state index >= 15 is 0 Å². The normalized spacial score (nSPS) is 12.1. The Bertz CT molecular complexity index is 1030. The second kappa shape index (κ2) is 8.07. The molecule has 0 radical (unpaired) electrons. The van der Waals surface area contributed by atoms with Crippen LogP contribution in [0.15, 0.2) is 41.4 Å². The van der Waals surface area contributed by atoms with Crippen molar-refractivity contribution in [1.82, 2.24) is 4.57 Å². The molecular formula is C18H15ClF2N2O2S. The number of benzene rings is 2. The van der Waals surface area contributed by atoms with Crippen LogP contribution in [0.4, 0.5) is 8.78 Å². The maximum atomic E-state index is 14.3. The zero-order valence-corrected chi connectivity index (χ0v) is 15.4. The number of hydrogen-bond donors (Lipinski definition) is 0. The van der Waals surface area contributed by atoms with Gasteiger partial charge in [0.15, 0.2) is 10.6 Å². The van der Waals surface area contributed by atoms with Crippen LogP contribution in [0.1, 0.15) is 17.3 Å². The molecule has 2 aromatic carbocycles. The standard InChI is InChI=1S/C18H15ClF2N2O2S/c1-2-25-7-6-23-16-14(21)9-13(20)10-15(16)26-18(23)22-17(24)11-4-3-5-12(19)8-11/h3-5,8-10H,2,6-7H2,1H3. The number of amides is 1. The lowest BCUT2D eigenvalue weighted by Crippen LogP contribution is -2.20. The Morgan fingerprint density at radius 3 is 2.85 bits per heavy atom. The molecule has 0 saturated carbocycles. The van der Waals surface area contributed by atoms with Crippen LogP contribution in [0.2, 0.25) is 5.02 Å². The Hall–Kier alpha value is -2.09. The van der Waals surface area contributed by atoms with Gasteiger partial charge in [-0.25, -0.2) is 8.78 Å². The Morgan fingerprint density at radius 2 is 2.12 bits per heavy atom. The summed E-state index contributed by atoms with van der Waals surface area (Å²) in [5.41, 5.74) is 0.520. The molecule has 0 fully saturated rings. The lowest BCUT2D eigenvalue weighted by molar-refractivity contribution is 0.0996. The van der Waals surface area contributed by atoms with Crippen molar-refractivity contribution in [3.8, 4) is 0 Å². The summed E-state index contributed by atoms with van der Waals surface area (Å²) in [6.45, 7) is 2.96. The SMILES string of the molecule is CCOCCn1c(=NC(=O)c2cccc(Cl)c2)sc2cc(F)cc(F)c21. The molecule has 8 heteroatoms. The van der Waals surface area contributed by atoms with Gasteiger partial charge in [-0.05, 0) is 31.2 Å². The van der Waals surface area contributed by atoms with Gasteiger partial charge in [0.2, 0.25) is 0 Å². The quantitative estimate of drug-likeness (QED) is 0.599. The first-order valence-electron chi connectivity index (χ1n) is 7.90. The van der Waals surface area contributed by atoms with Crippen molar-refractivity contribution in [2.24, 2.45) is 4.99 Å². The third-order valence-electron chi connectivity index (χ3n) is 3.63. The van der Waals surface area contributed by atoms with Crippen molar-refractivity contribution in [2.45, 2.75) is 13.5 Å². The Morgan fingerprint density at radius 1 is 1.31 bits per heavy atom. The first-order chi connectivity index (χ1) is 12.5. The lowest BCUT2D eigenvalue weighted by Gasteiger charge is -2.06. The van der Waals surface area contributed by atoms with Gasteiger partial charge in [0.25, 0.3) is 5.91 Å². The van der Waals surface area contributed by atoms with Crippen LogP contribution in [-0.2, 0) is 11.3 Å². The average Bonchev–Trinajstić information content (AvgIpc) is 2.92. The van der Waals surface area contributed by atoms with E-state index in [0.29, 0.717) is 28.5 Å². The van der Waals surface area contributed by atoms with Crippen molar-refractivity contribution in [3.63, 3.8) is 0 Å². The van der Waals surface area contributed by atoms with Gasteiger partial charge in [-0.15, -0.1) is 0 Å². The van der Waals surface area contributed by atoms with Gasteiger partial charge in [0.1, 0.15) is 5.82 Å². The van der Waals surface area contributed by atoms with E-state index in [-0.39, 0.29) is 16.9 Å². The highest BCUT2D eigenvalue weighted by Crippen LogP contribution is 2.22. The van der Waals surface area contributed by atoms with Gasteiger partial charge in [0.05, 0.1) is 16.8 Å². The maximum absolute atomic E-state index is 14.3. The number of halogens is 3. The van der Waals surface area contributed by atoms with E-state index in [1.54, 1.807) is 18.2 Å². The number of carbonyl (C=O) groups excluding carboxylic acids is 1. The summed E-state index contributed by atoms with van der Waals surface area (Å²) < 4.78 is 35.1. The topological polar surface area (TPSA) is 43.6 Å². The van der Waals surface area contributed by atoms with E-state index in [1.807, 2.05) is 6.92 Å². The largest absolute Gasteiger partial charge is 0.380 e. The maximum Gasteiger partial charge on any atom is 0.279 e. The van der Waals surface area contributed by atoms with E-state index in [9.17, 15) is 13.6 Å². The highest BCUT2D eigenvalue weighted by Gasteiger charge is 2.14. The summed E-state index contributed by atoms with van der Waals surface area (Å²) in [6, 6.07) is 8.44. The van der Waals surface area contributed by atoms with Gasteiger partial charge >= 0.3 is 0 Å². The van der Waals surface area contributed by atoms with Gasteiger partial charge in [-0.2, -0.15) is 4.99 Å². The van der Waals surface area contributed by atoms with Gasteiger partial charge < -0.3 is 9.30 Å².